The van der Waals surface area contributed by atoms with E-state index in [0.717, 1.165) is 44.8 Å². The fraction of sp³-hybridized carbons (Fsp3) is 0. The molecule has 0 aliphatic carbocycles. The van der Waals surface area contributed by atoms with Gasteiger partial charge in [-0.2, -0.15) is 0 Å². The first-order valence-electron chi connectivity index (χ1n) is 12.9. The number of imidazole rings is 2. The molecular formula is C34H20N4. The van der Waals surface area contributed by atoms with Gasteiger partial charge >= 0.3 is 0 Å². The topological polar surface area (TPSA) is 57.4 Å². The van der Waals surface area contributed by atoms with Crippen LogP contribution in [0.4, 0.5) is 0 Å². The highest BCUT2D eigenvalue weighted by Gasteiger charge is 2.23. The molecule has 0 bridgehead atoms. The van der Waals surface area contributed by atoms with Gasteiger partial charge in [0.2, 0.25) is 0 Å². The summed E-state index contributed by atoms with van der Waals surface area (Å²) in [6.45, 7) is 0. The standard InChI is InChI=1S/C34H20N4/c1-2-15-26-25(14-1)35-33(36-26)24-18-20-10-7-12-22-21-11-5-8-19-9-6-13-23(29(19)21)31(30(20)22)32(24)34-37-27-16-3-4-17-28(27)38-34/h1-18H,(H,35,36)(H,37,38). The predicted molar refractivity (Wildman–Crippen MR) is 158 cm³/mol. The van der Waals surface area contributed by atoms with E-state index in [-0.39, 0.29) is 0 Å². The summed E-state index contributed by atoms with van der Waals surface area (Å²) in [6, 6.07) is 38.6. The lowest BCUT2D eigenvalue weighted by atomic mass is 9.85. The maximum Gasteiger partial charge on any atom is 0.139 e. The van der Waals surface area contributed by atoms with Crippen LogP contribution in [0.2, 0.25) is 0 Å². The van der Waals surface area contributed by atoms with Crippen LogP contribution in [0, 0.1) is 0 Å². The molecule has 2 heterocycles. The molecule has 4 nitrogen and oxygen atoms in total. The fourth-order valence-corrected chi connectivity index (χ4v) is 6.31. The number of benzene rings is 7. The third-order valence-electron chi connectivity index (χ3n) is 7.90. The van der Waals surface area contributed by atoms with Crippen LogP contribution in [0.5, 0.6) is 0 Å². The van der Waals surface area contributed by atoms with Gasteiger partial charge in [0.05, 0.1) is 22.1 Å². The van der Waals surface area contributed by atoms with Crippen LogP contribution >= 0.6 is 0 Å². The summed E-state index contributed by atoms with van der Waals surface area (Å²) >= 11 is 0. The monoisotopic (exact) mass is 484 g/mol. The lowest BCUT2D eigenvalue weighted by Crippen LogP contribution is -1.95. The molecule has 0 spiro atoms. The highest BCUT2D eigenvalue weighted by atomic mass is 14.9. The van der Waals surface area contributed by atoms with Crippen LogP contribution in [0.25, 0.3) is 87.9 Å². The van der Waals surface area contributed by atoms with Crippen molar-refractivity contribution in [2.45, 2.75) is 0 Å². The molecule has 9 rings (SSSR count). The van der Waals surface area contributed by atoms with Gasteiger partial charge < -0.3 is 9.97 Å². The van der Waals surface area contributed by atoms with E-state index < -0.39 is 0 Å². The molecule has 0 fully saturated rings. The van der Waals surface area contributed by atoms with E-state index in [0.29, 0.717) is 0 Å². The van der Waals surface area contributed by atoms with E-state index >= 15 is 0 Å². The molecule has 2 aromatic heterocycles. The SMILES string of the molecule is c1ccc2[nH]c(-c3cc4cccc5c6cccc7cccc(c(c3-c3nc8ccccc8[nH]3)c45)c76)nc2c1. The minimum atomic E-state index is 0.844. The molecule has 0 radical (unpaired) electrons. The zero-order chi connectivity index (χ0) is 24.8. The average molecular weight is 485 g/mol. The zero-order valence-electron chi connectivity index (χ0n) is 20.3. The van der Waals surface area contributed by atoms with E-state index in [1.807, 2.05) is 24.3 Å². The number of aromatic amines is 2. The first kappa shape index (κ1) is 19.9. The Labute approximate surface area is 216 Å². The zero-order valence-corrected chi connectivity index (χ0v) is 20.3. The number of aromatic nitrogens is 4. The Bertz CT molecular complexity index is 2280. The molecule has 38 heavy (non-hydrogen) atoms. The highest BCUT2D eigenvalue weighted by Crippen LogP contribution is 2.47. The van der Waals surface area contributed by atoms with Gasteiger partial charge in [0, 0.05) is 16.5 Å². The van der Waals surface area contributed by atoms with Crippen molar-refractivity contribution in [3.63, 3.8) is 0 Å². The molecule has 4 heteroatoms. The number of fused-ring (bicyclic) bond motifs is 4. The summed E-state index contributed by atoms with van der Waals surface area (Å²) in [5, 5.41) is 9.96. The molecule has 0 aliphatic heterocycles. The first-order chi connectivity index (χ1) is 18.8. The molecule has 7 aromatic carbocycles. The molecule has 0 unspecified atom stereocenters. The van der Waals surface area contributed by atoms with Crippen molar-refractivity contribution in [2.75, 3.05) is 0 Å². The smallest absolute Gasteiger partial charge is 0.139 e. The normalized spacial score (nSPS) is 12.2. The van der Waals surface area contributed by atoms with Gasteiger partial charge in [-0.25, -0.2) is 9.97 Å². The second-order valence-electron chi connectivity index (χ2n) is 9.99. The van der Waals surface area contributed by atoms with Crippen LogP contribution in [0.15, 0.2) is 109 Å². The average Bonchev–Trinajstić information content (AvgIpc) is 3.59. The van der Waals surface area contributed by atoms with E-state index in [1.165, 1.54) is 43.1 Å². The third kappa shape index (κ3) is 2.58. The molecule has 176 valence electrons. The molecule has 0 aliphatic rings. The summed E-state index contributed by atoms with van der Waals surface area (Å²) in [6.07, 6.45) is 0. The van der Waals surface area contributed by atoms with Crippen LogP contribution in [0.1, 0.15) is 0 Å². The largest absolute Gasteiger partial charge is 0.338 e. The van der Waals surface area contributed by atoms with E-state index in [1.54, 1.807) is 0 Å². The van der Waals surface area contributed by atoms with Crippen LogP contribution in [-0.4, -0.2) is 19.9 Å². The van der Waals surface area contributed by atoms with Gasteiger partial charge in [-0.3, -0.25) is 0 Å². The summed E-state index contributed by atoms with van der Waals surface area (Å²) in [5.74, 6) is 1.70. The van der Waals surface area contributed by atoms with Crippen molar-refractivity contribution in [3.8, 4) is 22.8 Å². The summed E-state index contributed by atoms with van der Waals surface area (Å²) in [4.78, 5) is 17.4. The maximum atomic E-state index is 5.11. The van der Waals surface area contributed by atoms with Crippen molar-refractivity contribution in [1.82, 2.24) is 19.9 Å². The number of hydrogen-bond donors (Lipinski definition) is 2. The van der Waals surface area contributed by atoms with Crippen LogP contribution < -0.4 is 0 Å². The lowest BCUT2D eigenvalue weighted by Gasteiger charge is -2.18. The van der Waals surface area contributed by atoms with Gasteiger partial charge in [0.25, 0.3) is 0 Å². The number of nitrogens with one attached hydrogen (secondary N) is 2. The Balaban J connectivity index is 1.56. The Kier molecular flexibility index (Phi) is 3.76. The first-order valence-corrected chi connectivity index (χ1v) is 12.9. The molecule has 0 atom stereocenters. The quantitative estimate of drug-likeness (QED) is 0.190. The van der Waals surface area contributed by atoms with E-state index in [4.69, 9.17) is 9.97 Å². The molecule has 2 N–H and O–H groups in total. The Morgan fingerprint density at radius 3 is 1.74 bits per heavy atom. The summed E-state index contributed by atoms with van der Waals surface area (Å²) in [5.41, 5.74) is 6.06. The minimum Gasteiger partial charge on any atom is -0.338 e. The Hall–Kier alpha value is -5.22. The number of para-hydroxylation sites is 4. The second-order valence-corrected chi connectivity index (χ2v) is 9.99. The molecule has 0 amide bonds. The van der Waals surface area contributed by atoms with E-state index in [2.05, 4.69) is 94.9 Å². The third-order valence-corrected chi connectivity index (χ3v) is 7.90. The number of nitrogens with zero attached hydrogens (tertiary/aromatic N) is 2. The van der Waals surface area contributed by atoms with Crippen molar-refractivity contribution < 1.29 is 0 Å². The lowest BCUT2D eigenvalue weighted by molar-refractivity contribution is 1.31. The highest BCUT2D eigenvalue weighted by molar-refractivity contribution is 6.36. The molecule has 0 saturated heterocycles. The van der Waals surface area contributed by atoms with Crippen molar-refractivity contribution in [2.24, 2.45) is 0 Å². The van der Waals surface area contributed by atoms with Crippen molar-refractivity contribution >= 4 is 65.2 Å². The molecule has 0 saturated carbocycles. The predicted octanol–water partition coefficient (Wildman–Crippen LogP) is 8.82. The van der Waals surface area contributed by atoms with Gasteiger partial charge in [0.1, 0.15) is 11.6 Å². The Morgan fingerprint density at radius 1 is 0.447 bits per heavy atom. The van der Waals surface area contributed by atoms with Crippen molar-refractivity contribution in [1.29, 1.82) is 0 Å². The molecule has 9 aromatic rings. The van der Waals surface area contributed by atoms with Gasteiger partial charge in [-0.05, 0) is 68.0 Å². The maximum absolute atomic E-state index is 5.11. The van der Waals surface area contributed by atoms with Gasteiger partial charge in [-0.1, -0.05) is 78.9 Å². The Morgan fingerprint density at radius 2 is 1.03 bits per heavy atom. The van der Waals surface area contributed by atoms with Gasteiger partial charge in [-0.15, -0.1) is 0 Å². The number of hydrogen-bond acceptors (Lipinski definition) is 2. The number of H-pyrrole nitrogens is 2. The number of rotatable bonds is 2. The molecular weight excluding hydrogens is 464 g/mol. The van der Waals surface area contributed by atoms with Gasteiger partial charge in [0.15, 0.2) is 0 Å². The second kappa shape index (κ2) is 7.17. The van der Waals surface area contributed by atoms with Crippen LogP contribution in [0.3, 0.4) is 0 Å². The van der Waals surface area contributed by atoms with Crippen molar-refractivity contribution in [3.05, 3.63) is 109 Å². The van der Waals surface area contributed by atoms with E-state index in [9.17, 15) is 0 Å². The van der Waals surface area contributed by atoms with Crippen LogP contribution in [-0.2, 0) is 0 Å². The summed E-state index contributed by atoms with van der Waals surface area (Å²) < 4.78 is 0. The summed E-state index contributed by atoms with van der Waals surface area (Å²) in [7, 11) is 0. The minimum absolute atomic E-state index is 0.844. The fourth-order valence-electron chi connectivity index (χ4n) is 6.31.